The van der Waals surface area contributed by atoms with Gasteiger partial charge in [0.25, 0.3) is 5.91 Å². The van der Waals surface area contributed by atoms with Crippen molar-refractivity contribution in [2.75, 3.05) is 10.6 Å². The number of carbonyl (C=O) groups excluding carboxylic acids is 2. The van der Waals surface area contributed by atoms with Crippen molar-refractivity contribution in [2.24, 2.45) is 0 Å². The summed E-state index contributed by atoms with van der Waals surface area (Å²) in [6.07, 6.45) is 3.88. The number of nitrogens with one attached hydrogen (secondary N) is 2. The van der Waals surface area contributed by atoms with Crippen molar-refractivity contribution in [3.8, 4) is 11.5 Å². The molecule has 4 aromatic rings. The van der Waals surface area contributed by atoms with E-state index in [2.05, 4.69) is 20.6 Å². The number of amides is 2. The number of ether oxygens (including phenoxy) is 1. The van der Waals surface area contributed by atoms with Crippen molar-refractivity contribution in [2.45, 2.75) is 20.3 Å². The SMILES string of the molecule is CCC(=O)Nc1cn2cc(Oc3cccc(NC(=O)c4cccc(C)n4)c3)ccc2n1. The second kappa shape index (κ2) is 8.66. The lowest BCUT2D eigenvalue weighted by Crippen LogP contribution is -2.13. The van der Waals surface area contributed by atoms with Crippen molar-refractivity contribution in [3.05, 3.63) is 78.4 Å². The molecule has 2 N–H and O–H groups in total. The van der Waals surface area contributed by atoms with Gasteiger partial charge in [-0.15, -0.1) is 0 Å². The Balaban J connectivity index is 1.48. The summed E-state index contributed by atoms with van der Waals surface area (Å²) in [7, 11) is 0. The number of nitrogens with zero attached hydrogens (tertiary/aromatic N) is 3. The normalized spacial score (nSPS) is 10.6. The molecule has 8 heteroatoms. The molecule has 0 bridgehead atoms. The molecule has 0 saturated heterocycles. The third-order valence-electron chi connectivity index (χ3n) is 4.46. The molecular weight excluding hydrogens is 394 g/mol. The molecule has 31 heavy (non-hydrogen) atoms. The van der Waals surface area contributed by atoms with Gasteiger partial charge >= 0.3 is 0 Å². The van der Waals surface area contributed by atoms with E-state index in [4.69, 9.17) is 4.74 Å². The molecule has 156 valence electrons. The van der Waals surface area contributed by atoms with Crippen LogP contribution in [0, 0.1) is 6.92 Å². The maximum absolute atomic E-state index is 12.4. The van der Waals surface area contributed by atoms with E-state index >= 15 is 0 Å². The zero-order valence-electron chi connectivity index (χ0n) is 17.1. The third kappa shape index (κ3) is 4.87. The Bertz CT molecular complexity index is 1270. The van der Waals surface area contributed by atoms with Gasteiger partial charge in [-0.3, -0.25) is 9.59 Å². The van der Waals surface area contributed by atoms with Crippen LogP contribution in [0.2, 0.25) is 0 Å². The van der Waals surface area contributed by atoms with Gasteiger partial charge < -0.3 is 19.8 Å². The molecule has 0 aliphatic heterocycles. The predicted molar refractivity (Wildman–Crippen MR) is 118 cm³/mol. The van der Waals surface area contributed by atoms with Crippen LogP contribution < -0.4 is 15.4 Å². The lowest BCUT2D eigenvalue weighted by Gasteiger charge is -2.09. The number of aromatic nitrogens is 3. The van der Waals surface area contributed by atoms with E-state index in [9.17, 15) is 9.59 Å². The number of fused-ring (bicyclic) bond motifs is 1. The summed E-state index contributed by atoms with van der Waals surface area (Å²) in [5.41, 5.74) is 2.41. The highest BCUT2D eigenvalue weighted by Crippen LogP contribution is 2.25. The van der Waals surface area contributed by atoms with Gasteiger partial charge in [0.05, 0.1) is 12.4 Å². The first kappa shape index (κ1) is 20.1. The van der Waals surface area contributed by atoms with Crippen molar-refractivity contribution >= 4 is 29.0 Å². The number of hydrogen-bond acceptors (Lipinski definition) is 5. The van der Waals surface area contributed by atoms with E-state index in [1.165, 1.54) is 0 Å². The number of rotatable bonds is 6. The zero-order chi connectivity index (χ0) is 21.8. The molecule has 0 unspecified atom stereocenters. The second-order valence-electron chi connectivity index (χ2n) is 6.91. The number of carbonyl (C=O) groups is 2. The molecule has 0 radical (unpaired) electrons. The van der Waals surface area contributed by atoms with Crippen molar-refractivity contribution in [3.63, 3.8) is 0 Å². The summed E-state index contributed by atoms with van der Waals surface area (Å²) < 4.78 is 7.72. The highest BCUT2D eigenvalue weighted by atomic mass is 16.5. The zero-order valence-corrected chi connectivity index (χ0v) is 17.1. The minimum Gasteiger partial charge on any atom is -0.456 e. The third-order valence-corrected chi connectivity index (χ3v) is 4.46. The minimum absolute atomic E-state index is 0.0976. The van der Waals surface area contributed by atoms with Gasteiger partial charge in [-0.05, 0) is 43.3 Å². The van der Waals surface area contributed by atoms with E-state index in [1.807, 2.05) is 13.0 Å². The lowest BCUT2D eigenvalue weighted by molar-refractivity contribution is -0.115. The maximum Gasteiger partial charge on any atom is 0.274 e. The molecule has 3 heterocycles. The maximum atomic E-state index is 12.4. The number of aryl methyl sites for hydroxylation is 1. The lowest BCUT2D eigenvalue weighted by atomic mass is 10.2. The molecular formula is C23H21N5O3. The molecule has 0 saturated carbocycles. The molecule has 0 spiro atoms. The molecule has 0 aliphatic carbocycles. The average Bonchev–Trinajstić information content (AvgIpc) is 3.15. The fraction of sp³-hybridized carbons (Fsp3) is 0.130. The van der Waals surface area contributed by atoms with E-state index in [0.29, 0.717) is 40.8 Å². The topological polar surface area (TPSA) is 97.6 Å². The fourth-order valence-corrected chi connectivity index (χ4v) is 2.96. The van der Waals surface area contributed by atoms with Crippen molar-refractivity contribution < 1.29 is 14.3 Å². The summed E-state index contributed by atoms with van der Waals surface area (Å²) in [5.74, 6) is 1.25. The number of benzene rings is 1. The summed E-state index contributed by atoms with van der Waals surface area (Å²) in [6.45, 7) is 3.62. The Kier molecular flexibility index (Phi) is 5.61. The van der Waals surface area contributed by atoms with Gasteiger partial charge in [-0.1, -0.05) is 19.1 Å². The van der Waals surface area contributed by atoms with Crippen molar-refractivity contribution in [1.82, 2.24) is 14.4 Å². The summed E-state index contributed by atoms with van der Waals surface area (Å²) in [5, 5.41) is 5.57. The summed E-state index contributed by atoms with van der Waals surface area (Å²) in [4.78, 5) is 32.6. The van der Waals surface area contributed by atoms with Crippen molar-refractivity contribution in [1.29, 1.82) is 0 Å². The molecule has 0 aliphatic rings. The van der Waals surface area contributed by atoms with Gasteiger partial charge in [-0.25, -0.2) is 9.97 Å². The Hall–Kier alpha value is -4.20. The second-order valence-corrected chi connectivity index (χ2v) is 6.91. The van der Waals surface area contributed by atoms with Gasteiger partial charge in [0.2, 0.25) is 5.91 Å². The average molecular weight is 415 g/mol. The van der Waals surface area contributed by atoms with E-state index < -0.39 is 0 Å². The van der Waals surface area contributed by atoms with E-state index in [1.54, 1.807) is 72.2 Å². The van der Waals surface area contributed by atoms with E-state index in [-0.39, 0.29) is 11.8 Å². The number of imidazole rings is 1. The van der Waals surface area contributed by atoms with Gasteiger partial charge in [0, 0.05) is 23.9 Å². The molecule has 3 aromatic heterocycles. The van der Waals surface area contributed by atoms with Crippen LogP contribution in [-0.4, -0.2) is 26.2 Å². The molecule has 0 fully saturated rings. The van der Waals surface area contributed by atoms with Crippen LogP contribution in [0.5, 0.6) is 11.5 Å². The van der Waals surface area contributed by atoms with Crippen LogP contribution in [0.3, 0.4) is 0 Å². The molecule has 1 aromatic carbocycles. The molecule has 8 nitrogen and oxygen atoms in total. The highest BCUT2D eigenvalue weighted by Gasteiger charge is 2.09. The van der Waals surface area contributed by atoms with Crippen LogP contribution in [0.4, 0.5) is 11.5 Å². The predicted octanol–water partition coefficient (Wildman–Crippen LogP) is 4.43. The van der Waals surface area contributed by atoms with Crippen LogP contribution in [-0.2, 0) is 4.79 Å². The first-order valence-electron chi connectivity index (χ1n) is 9.82. The summed E-state index contributed by atoms with van der Waals surface area (Å²) >= 11 is 0. The quantitative estimate of drug-likeness (QED) is 0.485. The largest absolute Gasteiger partial charge is 0.456 e. The van der Waals surface area contributed by atoms with Crippen LogP contribution >= 0.6 is 0 Å². The fourth-order valence-electron chi connectivity index (χ4n) is 2.96. The molecule has 2 amide bonds. The minimum atomic E-state index is -0.289. The Morgan fingerprint density at radius 3 is 2.61 bits per heavy atom. The Morgan fingerprint density at radius 2 is 1.81 bits per heavy atom. The van der Waals surface area contributed by atoms with E-state index in [0.717, 1.165) is 5.69 Å². The Morgan fingerprint density at radius 1 is 0.968 bits per heavy atom. The summed E-state index contributed by atoms with van der Waals surface area (Å²) in [6, 6.07) is 16.0. The van der Waals surface area contributed by atoms with Gasteiger partial charge in [0.1, 0.15) is 22.8 Å². The molecule has 4 rings (SSSR count). The van der Waals surface area contributed by atoms with Crippen LogP contribution in [0.1, 0.15) is 29.5 Å². The first-order chi connectivity index (χ1) is 15.0. The Labute approximate surface area is 178 Å². The smallest absolute Gasteiger partial charge is 0.274 e. The monoisotopic (exact) mass is 415 g/mol. The number of hydrogen-bond donors (Lipinski definition) is 2. The highest BCUT2D eigenvalue weighted by molar-refractivity contribution is 6.02. The number of anilines is 2. The van der Waals surface area contributed by atoms with Gasteiger partial charge in [-0.2, -0.15) is 0 Å². The number of pyridine rings is 2. The molecule has 0 atom stereocenters. The van der Waals surface area contributed by atoms with Gasteiger partial charge in [0.15, 0.2) is 5.82 Å². The van der Waals surface area contributed by atoms with Crippen LogP contribution in [0.15, 0.2) is 67.0 Å². The standard InChI is InChI=1S/C23H21N5O3/c1-3-22(29)27-20-14-28-13-18(10-11-21(28)26-20)31-17-8-5-7-16(12-17)25-23(30)19-9-4-6-15(2)24-19/h4-14H,3H2,1-2H3,(H,25,30)(H,27,29). The van der Waals surface area contributed by atoms with Crippen LogP contribution in [0.25, 0.3) is 5.65 Å². The first-order valence-corrected chi connectivity index (χ1v) is 9.82.